The summed E-state index contributed by atoms with van der Waals surface area (Å²) in [5.74, 6) is 3.17. The lowest BCUT2D eigenvalue weighted by Gasteiger charge is -2.16. The highest BCUT2D eigenvalue weighted by Gasteiger charge is 2.14. The smallest absolute Gasteiger partial charge is 0.169 e. The van der Waals surface area contributed by atoms with E-state index in [0.29, 0.717) is 6.61 Å². The Morgan fingerprint density at radius 3 is 2.19 bits per heavy atom. The van der Waals surface area contributed by atoms with Gasteiger partial charge in [0.15, 0.2) is 11.5 Å². The third kappa shape index (κ3) is 5.98. The molecular formula is C22H31ClO3. The first-order valence-electron chi connectivity index (χ1n) is 9.73. The van der Waals surface area contributed by atoms with E-state index < -0.39 is 0 Å². The Bertz CT molecular complexity index is 657. The van der Waals surface area contributed by atoms with Crippen molar-refractivity contribution >= 4 is 22.4 Å². The number of unbranched alkanes of at least 4 members (excludes halogenated alkanes) is 5. The molecule has 2 aromatic carbocycles. The number of methoxy groups -OCH3 is 1. The number of ether oxygens (including phenoxy) is 3. The van der Waals surface area contributed by atoms with Crippen LogP contribution in [0.1, 0.15) is 51.9 Å². The van der Waals surface area contributed by atoms with Gasteiger partial charge in [0.2, 0.25) is 0 Å². The number of rotatable bonds is 13. The fraction of sp³-hybridized carbons (Fsp3) is 0.545. The summed E-state index contributed by atoms with van der Waals surface area (Å²) in [6.07, 6.45) is 8.06. The third-order valence-corrected chi connectivity index (χ3v) is 4.65. The molecule has 144 valence electrons. The number of benzene rings is 2. The molecule has 0 saturated carbocycles. The van der Waals surface area contributed by atoms with Crippen molar-refractivity contribution in [3.05, 3.63) is 30.3 Å². The van der Waals surface area contributed by atoms with Crippen LogP contribution in [-0.2, 0) is 0 Å². The second-order valence-corrected chi connectivity index (χ2v) is 6.84. The highest BCUT2D eigenvalue weighted by atomic mass is 35.5. The van der Waals surface area contributed by atoms with Gasteiger partial charge < -0.3 is 14.2 Å². The molecule has 0 fully saturated rings. The zero-order valence-electron chi connectivity index (χ0n) is 16.1. The topological polar surface area (TPSA) is 27.7 Å². The number of halogens is 1. The van der Waals surface area contributed by atoms with E-state index >= 15 is 0 Å². The molecule has 0 atom stereocenters. The van der Waals surface area contributed by atoms with Gasteiger partial charge in [0.1, 0.15) is 5.75 Å². The van der Waals surface area contributed by atoms with Crippen LogP contribution in [0.5, 0.6) is 17.2 Å². The van der Waals surface area contributed by atoms with Crippen LogP contribution in [0.25, 0.3) is 10.8 Å². The maximum atomic E-state index is 6.09. The van der Waals surface area contributed by atoms with E-state index in [4.69, 9.17) is 25.8 Å². The molecule has 0 amide bonds. The fourth-order valence-corrected chi connectivity index (χ4v) is 3.19. The highest BCUT2D eigenvalue weighted by Crippen LogP contribution is 2.41. The van der Waals surface area contributed by atoms with Crippen LogP contribution in [0.3, 0.4) is 0 Å². The van der Waals surface area contributed by atoms with Crippen molar-refractivity contribution in [3.8, 4) is 17.2 Å². The molecule has 0 aliphatic heterocycles. The molecule has 0 aliphatic carbocycles. The molecule has 4 heteroatoms. The Labute approximate surface area is 162 Å². The van der Waals surface area contributed by atoms with Crippen LogP contribution in [-0.4, -0.2) is 26.2 Å². The maximum absolute atomic E-state index is 6.09. The Balaban J connectivity index is 2.01. The minimum absolute atomic E-state index is 0.671. The van der Waals surface area contributed by atoms with Gasteiger partial charge in [-0.2, -0.15) is 0 Å². The lowest BCUT2D eigenvalue weighted by molar-refractivity contribution is 0.290. The molecule has 0 spiro atoms. The van der Waals surface area contributed by atoms with Crippen molar-refractivity contribution in [2.45, 2.75) is 51.9 Å². The van der Waals surface area contributed by atoms with Crippen molar-refractivity contribution < 1.29 is 14.2 Å². The van der Waals surface area contributed by atoms with E-state index in [1.807, 2.05) is 18.2 Å². The summed E-state index contributed by atoms with van der Waals surface area (Å²) < 4.78 is 17.6. The molecular weight excluding hydrogens is 348 g/mol. The van der Waals surface area contributed by atoms with E-state index in [1.165, 1.54) is 25.7 Å². The van der Waals surface area contributed by atoms with Crippen LogP contribution in [0.4, 0.5) is 0 Å². The van der Waals surface area contributed by atoms with Gasteiger partial charge in [-0.1, -0.05) is 56.9 Å². The molecule has 0 bridgehead atoms. The quantitative estimate of drug-likeness (QED) is 0.290. The molecule has 0 heterocycles. The van der Waals surface area contributed by atoms with Crippen LogP contribution in [0.15, 0.2) is 30.3 Å². The normalized spacial score (nSPS) is 10.9. The zero-order valence-corrected chi connectivity index (χ0v) is 16.8. The second-order valence-electron chi connectivity index (χ2n) is 6.46. The molecule has 2 rings (SSSR count). The van der Waals surface area contributed by atoms with E-state index in [0.717, 1.165) is 59.8 Å². The molecule has 26 heavy (non-hydrogen) atoms. The lowest BCUT2D eigenvalue weighted by atomic mass is 10.1. The maximum Gasteiger partial charge on any atom is 0.169 e. The monoisotopic (exact) mass is 378 g/mol. The van der Waals surface area contributed by atoms with Crippen molar-refractivity contribution in [2.75, 3.05) is 26.2 Å². The lowest BCUT2D eigenvalue weighted by Crippen LogP contribution is -2.02. The van der Waals surface area contributed by atoms with E-state index in [-0.39, 0.29) is 0 Å². The first kappa shape index (κ1) is 20.7. The van der Waals surface area contributed by atoms with Gasteiger partial charge in [-0.3, -0.25) is 0 Å². The van der Waals surface area contributed by atoms with E-state index in [2.05, 4.69) is 19.1 Å². The Kier molecular flexibility index (Phi) is 9.47. The Morgan fingerprint density at radius 2 is 1.50 bits per heavy atom. The van der Waals surface area contributed by atoms with Crippen LogP contribution in [0.2, 0.25) is 0 Å². The van der Waals surface area contributed by atoms with Crippen molar-refractivity contribution in [1.29, 1.82) is 0 Å². The van der Waals surface area contributed by atoms with E-state index in [9.17, 15) is 0 Å². The van der Waals surface area contributed by atoms with Crippen LogP contribution >= 0.6 is 11.6 Å². The first-order chi connectivity index (χ1) is 12.8. The van der Waals surface area contributed by atoms with Gasteiger partial charge in [0.05, 0.1) is 20.3 Å². The van der Waals surface area contributed by atoms with Crippen molar-refractivity contribution in [3.63, 3.8) is 0 Å². The fourth-order valence-electron chi connectivity index (χ4n) is 3.00. The third-order valence-electron chi connectivity index (χ3n) is 4.38. The summed E-state index contributed by atoms with van der Waals surface area (Å²) in [4.78, 5) is 0. The molecule has 2 aromatic rings. The summed E-state index contributed by atoms with van der Waals surface area (Å²) in [5, 5.41) is 2.11. The standard InChI is InChI=1S/C22H31ClO3/c1-3-15-26-22-19-13-9-8-12-18(19)20(17-21(22)24-2)25-16-11-7-5-4-6-10-14-23/h8-9,12-13,17H,3-7,10-11,14-16H2,1-2H3. The minimum Gasteiger partial charge on any atom is -0.493 e. The SMILES string of the molecule is CCCOc1c(OC)cc(OCCCCCCCCCl)c2ccccc12. The van der Waals surface area contributed by atoms with Crippen molar-refractivity contribution in [2.24, 2.45) is 0 Å². The first-order valence-corrected chi connectivity index (χ1v) is 10.3. The predicted molar refractivity (Wildman–Crippen MR) is 110 cm³/mol. The average molecular weight is 379 g/mol. The average Bonchev–Trinajstić information content (AvgIpc) is 2.68. The number of hydrogen-bond acceptors (Lipinski definition) is 3. The Hall–Kier alpha value is -1.61. The number of alkyl halides is 1. The summed E-state index contributed by atoms with van der Waals surface area (Å²) in [5.41, 5.74) is 0. The van der Waals surface area contributed by atoms with Gasteiger partial charge in [0.25, 0.3) is 0 Å². The molecule has 0 N–H and O–H groups in total. The highest BCUT2D eigenvalue weighted by molar-refractivity contribution is 6.17. The van der Waals surface area contributed by atoms with Gasteiger partial charge in [-0.25, -0.2) is 0 Å². The summed E-state index contributed by atoms with van der Waals surface area (Å²) in [6, 6.07) is 10.1. The van der Waals surface area contributed by atoms with Gasteiger partial charge in [-0.15, -0.1) is 11.6 Å². The molecule has 0 unspecified atom stereocenters. The van der Waals surface area contributed by atoms with E-state index in [1.54, 1.807) is 7.11 Å². The second kappa shape index (κ2) is 11.9. The minimum atomic E-state index is 0.671. The largest absolute Gasteiger partial charge is 0.493 e. The molecule has 0 saturated heterocycles. The van der Waals surface area contributed by atoms with Gasteiger partial charge >= 0.3 is 0 Å². The Morgan fingerprint density at radius 1 is 0.808 bits per heavy atom. The van der Waals surface area contributed by atoms with Gasteiger partial charge in [-0.05, 0) is 19.3 Å². The number of fused-ring (bicyclic) bond motifs is 1. The summed E-state index contributed by atoms with van der Waals surface area (Å²) in [7, 11) is 1.67. The molecule has 0 aromatic heterocycles. The summed E-state index contributed by atoms with van der Waals surface area (Å²) >= 11 is 5.70. The predicted octanol–water partition coefficient (Wildman–Crippen LogP) is 6.60. The molecule has 0 aliphatic rings. The molecule has 0 radical (unpaired) electrons. The summed E-state index contributed by atoms with van der Waals surface area (Å²) in [6.45, 7) is 3.49. The zero-order chi connectivity index (χ0) is 18.6. The number of hydrogen-bond donors (Lipinski definition) is 0. The van der Waals surface area contributed by atoms with Crippen molar-refractivity contribution in [1.82, 2.24) is 0 Å². The van der Waals surface area contributed by atoms with Crippen LogP contribution in [0, 0.1) is 0 Å². The molecule has 3 nitrogen and oxygen atoms in total. The van der Waals surface area contributed by atoms with Gasteiger partial charge in [0, 0.05) is 22.7 Å². The van der Waals surface area contributed by atoms with Crippen LogP contribution < -0.4 is 14.2 Å².